The molecule has 6 nitrogen and oxygen atoms in total. The van der Waals surface area contributed by atoms with Crippen molar-refractivity contribution < 1.29 is 28.8 Å². The Labute approximate surface area is 151 Å². The van der Waals surface area contributed by atoms with E-state index in [4.69, 9.17) is 18.9 Å². The third-order valence-electron chi connectivity index (χ3n) is 4.58. The molecule has 0 unspecified atom stereocenters. The van der Waals surface area contributed by atoms with Crippen LogP contribution in [0, 0.1) is 0 Å². The van der Waals surface area contributed by atoms with E-state index < -0.39 is 36.7 Å². The van der Waals surface area contributed by atoms with Crippen LogP contribution < -0.4 is 0 Å². The van der Waals surface area contributed by atoms with Crippen molar-refractivity contribution in [1.29, 1.82) is 0 Å². The summed E-state index contributed by atoms with van der Waals surface area (Å²) in [6.45, 7) is 0.539. The third-order valence-corrected chi connectivity index (χ3v) is 4.58. The van der Waals surface area contributed by atoms with Gasteiger partial charge in [-0.25, -0.2) is 4.79 Å². The molecule has 6 heteroatoms. The lowest BCUT2D eigenvalue weighted by molar-refractivity contribution is -0.242. The number of carbonyl (C=O) groups is 1. The Morgan fingerprint density at radius 2 is 1.73 bits per heavy atom. The molecule has 4 rings (SSSR count). The number of esters is 1. The lowest BCUT2D eigenvalue weighted by atomic mass is 10.0. The van der Waals surface area contributed by atoms with Crippen molar-refractivity contribution in [2.45, 2.75) is 37.3 Å². The summed E-state index contributed by atoms with van der Waals surface area (Å²) >= 11 is 0. The molecule has 136 valence electrons. The van der Waals surface area contributed by atoms with Gasteiger partial charge in [-0.05, 0) is 17.7 Å². The summed E-state index contributed by atoms with van der Waals surface area (Å²) in [6, 6.07) is 18.3. The van der Waals surface area contributed by atoms with E-state index in [1.165, 1.54) is 0 Å². The summed E-state index contributed by atoms with van der Waals surface area (Å²) in [5.41, 5.74) is 1.39. The number of carbonyl (C=O) groups excluding carboxylic acids is 1. The van der Waals surface area contributed by atoms with E-state index in [-0.39, 0.29) is 6.61 Å². The highest BCUT2D eigenvalue weighted by molar-refractivity contribution is 5.89. The fraction of sp³-hybridized carbons (Fsp3) is 0.350. The second kappa shape index (κ2) is 7.55. The van der Waals surface area contributed by atoms with Gasteiger partial charge in [0.05, 0.1) is 18.8 Å². The molecule has 2 aliphatic rings. The second-order valence-electron chi connectivity index (χ2n) is 6.36. The number of hydrogen-bond acceptors (Lipinski definition) is 6. The van der Waals surface area contributed by atoms with Crippen LogP contribution in [0.1, 0.15) is 15.9 Å². The molecule has 0 aliphatic carbocycles. The van der Waals surface area contributed by atoms with Gasteiger partial charge in [0.2, 0.25) is 0 Å². The molecule has 2 bridgehead atoms. The first-order chi connectivity index (χ1) is 12.7. The summed E-state index contributed by atoms with van der Waals surface area (Å²) in [5, 5.41) is 10.6. The monoisotopic (exact) mass is 356 g/mol. The molecule has 26 heavy (non-hydrogen) atoms. The molecule has 0 spiro atoms. The predicted molar refractivity (Wildman–Crippen MR) is 91.3 cm³/mol. The molecule has 5 atom stereocenters. The van der Waals surface area contributed by atoms with E-state index in [0.717, 1.165) is 5.56 Å². The van der Waals surface area contributed by atoms with E-state index in [1.807, 2.05) is 36.4 Å². The maximum atomic E-state index is 12.4. The van der Waals surface area contributed by atoms with E-state index >= 15 is 0 Å². The van der Waals surface area contributed by atoms with E-state index in [1.54, 1.807) is 24.3 Å². The van der Waals surface area contributed by atoms with Gasteiger partial charge in [-0.2, -0.15) is 0 Å². The van der Waals surface area contributed by atoms with Gasteiger partial charge in [0.15, 0.2) is 12.4 Å². The zero-order valence-corrected chi connectivity index (χ0v) is 14.1. The van der Waals surface area contributed by atoms with Crippen LogP contribution in [0.25, 0.3) is 0 Å². The molecule has 0 saturated carbocycles. The SMILES string of the molecule is O=C(O[C@H]1[C@@H]2OC[C@@H](O2)[C@@H](O)[C@@H]1OCc1ccccc1)c1ccccc1. The summed E-state index contributed by atoms with van der Waals surface area (Å²) < 4.78 is 22.7. The Bertz CT molecular complexity index is 734. The molecular weight excluding hydrogens is 336 g/mol. The van der Waals surface area contributed by atoms with Crippen LogP contribution in [0.3, 0.4) is 0 Å². The highest BCUT2D eigenvalue weighted by Crippen LogP contribution is 2.32. The van der Waals surface area contributed by atoms with Gasteiger partial charge in [0.1, 0.15) is 18.3 Å². The van der Waals surface area contributed by atoms with Gasteiger partial charge < -0.3 is 24.1 Å². The fourth-order valence-corrected chi connectivity index (χ4v) is 3.20. The maximum Gasteiger partial charge on any atom is 0.338 e. The number of benzene rings is 2. The van der Waals surface area contributed by atoms with E-state index in [2.05, 4.69) is 0 Å². The highest BCUT2D eigenvalue weighted by Gasteiger charge is 2.52. The van der Waals surface area contributed by atoms with Gasteiger partial charge in [-0.3, -0.25) is 0 Å². The average Bonchev–Trinajstić information content (AvgIpc) is 3.14. The highest BCUT2D eigenvalue weighted by atomic mass is 16.8. The molecule has 0 radical (unpaired) electrons. The van der Waals surface area contributed by atoms with Crippen LogP contribution in [0.4, 0.5) is 0 Å². The molecule has 2 aromatic carbocycles. The van der Waals surface area contributed by atoms with E-state index in [0.29, 0.717) is 12.2 Å². The number of ether oxygens (including phenoxy) is 4. The Kier molecular flexibility index (Phi) is 4.99. The molecule has 0 aromatic heterocycles. The molecule has 2 aromatic rings. The lowest BCUT2D eigenvalue weighted by Gasteiger charge is -2.37. The molecular formula is C20H20O6. The van der Waals surface area contributed by atoms with Crippen molar-refractivity contribution in [3.05, 3.63) is 71.8 Å². The van der Waals surface area contributed by atoms with Crippen LogP contribution in [0.5, 0.6) is 0 Å². The summed E-state index contributed by atoms with van der Waals surface area (Å²) in [7, 11) is 0. The largest absolute Gasteiger partial charge is 0.450 e. The van der Waals surface area contributed by atoms with Crippen LogP contribution in [0.2, 0.25) is 0 Å². The number of fused-ring (bicyclic) bond motifs is 2. The molecule has 2 heterocycles. The number of hydrogen-bond donors (Lipinski definition) is 1. The van der Waals surface area contributed by atoms with Gasteiger partial charge >= 0.3 is 5.97 Å². The normalized spacial score (nSPS) is 30.1. The lowest BCUT2D eigenvalue weighted by Crippen LogP contribution is -2.56. The molecule has 2 fully saturated rings. The van der Waals surface area contributed by atoms with Crippen LogP contribution in [-0.2, 0) is 25.6 Å². The van der Waals surface area contributed by atoms with Crippen LogP contribution in [-0.4, -0.2) is 48.4 Å². The third kappa shape index (κ3) is 3.50. The zero-order chi connectivity index (χ0) is 17.9. The minimum absolute atomic E-state index is 0.246. The summed E-state index contributed by atoms with van der Waals surface area (Å²) in [4.78, 5) is 12.4. The second-order valence-corrected chi connectivity index (χ2v) is 6.36. The molecule has 1 N–H and O–H groups in total. The minimum Gasteiger partial charge on any atom is -0.450 e. The summed E-state index contributed by atoms with van der Waals surface area (Å²) in [5.74, 6) is -0.506. The van der Waals surface area contributed by atoms with Gasteiger partial charge in [-0.15, -0.1) is 0 Å². The van der Waals surface area contributed by atoms with Crippen molar-refractivity contribution >= 4 is 5.97 Å². The number of rotatable bonds is 5. The topological polar surface area (TPSA) is 74.2 Å². The Hall–Kier alpha value is -2.25. The first-order valence-corrected chi connectivity index (χ1v) is 8.59. The first kappa shape index (κ1) is 17.2. The van der Waals surface area contributed by atoms with Crippen LogP contribution in [0.15, 0.2) is 60.7 Å². The molecule has 0 amide bonds. The summed E-state index contributed by atoms with van der Waals surface area (Å²) in [6.07, 6.45) is -3.73. The number of aliphatic hydroxyl groups is 1. The maximum absolute atomic E-state index is 12.4. The standard InChI is InChI=1S/C20H20O6/c21-16-15-12-24-20(25-15)18(26-19(22)14-9-5-2-6-10-14)17(16)23-11-13-7-3-1-4-8-13/h1-10,15-18,20-21H,11-12H2/t15-,16-,17+,18-,20-/m1/s1. The van der Waals surface area contributed by atoms with Crippen molar-refractivity contribution in [1.82, 2.24) is 0 Å². The van der Waals surface area contributed by atoms with E-state index in [9.17, 15) is 9.90 Å². The van der Waals surface area contributed by atoms with Crippen molar-refractivity contribution in [3.8, 4) is 0 Å². The fourth-order valence-electron chi connectivity index (χ4n) is 3.20. The molecule has 2 aliphatic heterocycles. The smallest absolute Gasteiger partial charge is 0.338 e. The Morgan fingerprint density at radius 1 is 1.04 bits per heavy atom. The Balaban J connectivity index is 1.50. The first-order valence-electron chi connectivity index (χ1n) is 8.59. The average molecular weight is 356 g/mol. The van der Waals surface area contributed by atoms with Crippen molar-refractivity contribution in [3.63, 3.8) is 0 Å². The molecule has 2 saturated heterocycles. The Morgan fingerprint density at radius 3 is 2.46 bits per heavy atom. The van der Waals surface area contributed by atoms with Gasteiger partial charge in [-0.1, -0.05) is 48.5 Å². The van der Waals surface area contributed by atoms with Gasteiger partial charge in [0, 0.05) is 0 Å². The zero-order valence-electron chi connectivity index (χ0n) is 14.1. The van der Waals surface area contributed by atoms with Crippen molar-refractivity contribution in [2.24, 2.45) is 0 Å². The quantitative estimate of drug-likeness (QED) is 0.825. The number of aliphatic hydroxyl groups excluding tert-OH is 1. The minimum atomic E-state index is -0.939. The van der Waals surface area contributed by atoms with Crippen LogP contribution >= 0.6 is 0 Å². The van der Waals surface area contributed by atoms with Gasteiger partial charge in [0.25, 0.3) is 0 Å². The predicted octanol–water partition coefficient (Wildman–Crippen LogP) is 1.91. The van der Waals surface area contributed by atoms with Crippen molar-refractivity contribution in [2.75, 3.05) is 6.61 Å².